The minimum atomic E-state index is -0.0530. The molecule has 0 spiro atoms. The molecule has 0 saturated heterocycles. The van der Waals surface area contributed by atoms with Gasteiger partial charge in [0.25, 0.3) is 0 Å². The number of fused-ring (bicyclic) bond motifs is 1. The molecular formula is C16H27N5. The molecule has 2 heterocycles. The van der Waals surface area contributed by atoms with E-state index in [1.165, 1.54) is 0 Å². The summed E-state index contributed by atoms with van der Waals surface area (Å²) in [5, 5.41) is 6.83. The fraction of sp³-hybridized carbons (Fsp3) is 0.625. The minimum Gasteiger partial charge on any atom is -0.369 e. The molecule has 0 fully saturated rings. The van der Waals surface area contributed by atoms with Crippen LogP contribution in [0.25, 0.3) is 5.65 Å². The molecule has 5 heteroatoms. The first-order valence-electron chi connectivity index (χ1n) is 7.56. The molecule has 0 saturated carbocycles. The summed E-state index contributed by atoms with van der Waals surface area (Å²) in [6.07, 6.45) is 6.75. The number of rotatable bonds is 5. The molecule has 0 bridgehead atoms. The molecule has 0 amide bonds. The maximum Gasteiger partial charge on any atom is 0.180 e. The van der Waals surface area contributed by atoms with Gasteiger partial charge in [-0.25, -0.2) is 9.97 Å². The largest absolute Gasteiger partial charge is 0.369 e. The van der Waals surface area contributed by atoms with E-state index < -0.39 is 0 Å². The highest BCUT2D eigenvalue weighted by atomic mass is 15.2. The zero-order valence-corrected chi connectivity index (χ0v) is 14.0. The Hall–Kier alpha value is -1.78. The van der Waals surface area contributed by atoms with Crippen LogP contribution in [0.5, 0.6) is 0 Å². The summed E-state index contributed by atoms with van der Waals surface area (Å²) in [5.74, 6) is 1.68. The van der Waals surface area contributed by atoms with Crippen molar-refractivity contribution in [1.29, 1.82) is 0 Å². The molecule has 2 aromatic rings. The smallest absolute Gasteiger partial charge is 0.180 e. The maximum absolute atomic E-state index is 4.67. The quantitative estimate of drug-likeness (QED) is 0.879. The van der Waals surface area contributed by atoms with Crippen LogP contribution in [0.2, 0.25) is 0 Å². The van der Waals surface area contributed by atoms with Crippen LogP contribution in [0.1, 0.15) is 48.0 Å². The monoisotopic (exact) mass is 289 g/mol. The van der Waals surface area contributed by atoms with E-state index in [0.717, 1.165) is 30.2 Å². The van der Waals surface area contributed by atoms with Crippen LogP contribution < -0.4 is 10.6 Å². The van der Waals surface area contributed by atoms with Crippen molar-refractivity contribution in [2.75, 3.05) is 17.2 Å². The fourth-order valence-corrected chi connectivity index (χ4v) is 2.97. The van der Waals surface area contributed by atoms with E-state index in [9.17, 15) is 0 Å². The Morgan fingerprint density at radius 2 is 1.90 bits per heavy atom. The van der Waals surface area contributed by atoms with Gasteiger partial charge in [0, 0.05) is 24.5 Å². The first-order chi connectivity index (χ1) is 9.70. The van der Waals surface area contributed by atoms with Gasteiger partial charge in [-0.2, -0.15) is 0 Å². The van der Waals surface area contributed by atoms with Crippen molar-refractivity contribution < 1.29 is 0 Å². The molecule has 0 radical (unpaired) electrons. The lowest BCUT2D eigenvalue weighted by molar-refractivity contribution is 0.302. The third-order valence-corrected chi connectivity index (χ3v) is 3.16. The molecule has 5 nitrogen and oxygen atoms in total. The summed E-state index contributed by atoms with van der Waals surface area (Å²) < 4.78 is 2.00. The lowest BCUT2D eigenvalue weighted by atomic mass is 9.82. The Bertz CT molecular complexity index is 607. The second-order valence-corrected chi connectivity index (χ2v) is 7.41. The van der Waals surface area contributed by atoms with Crippen LogP contribution in [-0.4, -0.2) is 26.5 Å². The fourth-order valence-electron chi connectivity index (χ4n) is 2.97. The van der Waals surface area contributed by atoms with E-state index in [2.05, 4.69) is 62.1 Å². The Morgan fingerprint density at radius 3 is 2.52 bits per heavy atom. The number of anilines is 2. The van der Waals surface area contributed by atoms with E-state index in [-0.39, 0.29) is 11.0 Å². The summed E-state index contributed by atoms with van der Waals surface area (Å²) in [6.45, 7) is 14.1. The molecule has 2 aromatic heterocycles. The van der Waals surface area contributed by atoms with Crippen LogP contribution in [0, 0.1) is 5.41 Å². The average Bonchev–Trinajstić information content (AvgIpc) is 2.73. The van der Waals surface area contributed by atoms with Gasteiger partial charge in [-0.05, 0) is 32.6 Å². The predicted octanol–water partition coefficient (Wildman–Crippen LogP) is 3.79. The molecule has 0 aliphatic carbocycles. The van der Waals surface area contributed by atoms with Crippen LogP contribution in [0.4, 0.5) is 11.6 Å². The minimum absolute atomic E-state index is 0.0530. The number of hydrogen-bond donors (Lipinski definition) is 2. The zero-order chi connectivity index (χ0) is 15.7. The Morgan fingerprint density at radius 1 is 1.19 bits per heavy atom. The molecule has 0 aliphatic rings. The van der Waals surface area contributed by atoms with Crippen LogP contribution >= 0.6 is 0 Å². The summed E-state index contributed by atoms with van der Waals surface area (Å²) in [4.78, 5) is 9.08. The maximum atomic E-state index is 4.67. The number of hydrogen-bond acceptors (Lipinski definition) is 4. The SMILES string of the molecule is CCNc1cn2ccnc2c(NC(C)(C)CC(C)(C)C)n1. The highest BCUT2D eigenvalue weighted by Crippen LogP contribution is 2.30. The summed E-state index contributed by atoms with van der Waals surface area (Å²) in [7, 11) is 0. The van der Waals surface area contributed by atoms with E-state index in [0.29, 0.717) is 0 Å². The van der Waals surface area contributed by atoms with E-state index in [1.807, 2.05) is 16.8 Å². The van der Waals surface area contributed by atoms with Gasteiger partial charge >= 0.3 is 0 Å². The van der Waals surface area contributed by atoms with Crippen molar-refractivity contribution in [3.63, 3.8) is 0 Å². The van der Waals surface area contributed by atoms with E-state index in [4.69, 9.17) is 0 Å². The topological polar surface area (TPSA) is 54.2 Å². The lowest BCUT2D eigenvalue weighted by Crippen LogP contribution is -2.36. The van der Waals surface area contributed by atoms with Crippen molar-refractivity contribution in [2.24, 2.45) is 5.41 Å². The van der Waals surface area contributed by atoms with Crippen LogP contribution in [0.3, 0.4) is 0 Å². The summed E-state index contributed by atoms with van der Waals surface area (Å²) in [6, 6.07) is 0. The van der Waals surface area contributed by atoms with E-state index in [1.54, 1.807) is 6.20 Å². The third kappa shape index (κ3) is 4.09. The molecule has 0 aromatic carbocycles. The molecule has 0 unspecified atom stereocenters. The van der Waals surface area contributed by atoms with Crippen molar-refractivity contribution in [3.05, 3.63) is 18.6 Å². The van der Waals surface area contributed by atoms with Crippen molar-refractivity contribution >= 4 is 17.3 Å². The van der Waals surface area contributed by atoms with Crippen molar-refractivity contribution in [3.8, 4) is 0 Å². The highest BCUT2D eigenvalue weighted by Gasteiger charge is 2.26. The zero-order valence-electron chi connectivity index (χ0n) is 14.0. The third-order valence-electron chi connectivity index (χ3n) is 3.16. The Kier molecular flexibility index (Phi) is 4.12. The highest BCUT2D eigenvalue weighted by molar-refractivity contribution is 5.66. The summed E-state index contributed by atoms with van der Waals surface area (Å²) in [5.41, 5.74) is 1.06. The van der Waals surface area contributed by atoms with Gasteiger partial charge in [0.1, 0.15) is 5.82 Å². The number of nitrogens with one attached hydrogen (secondary N) is 2. The molecule has 2 rings (SSSR count). The second kappa shape index (κ2) is 5.54. The Labute approximate surface area is 127 Å². The van der Waals surface area contributed by atoms with Gasteiger partial charge in [0.05, 0.1) is 6.20 Å². The van der Waals surface area contributed by atoms with Crippen molar-refractivity contribution in [2.45, 2.75) is 53.5 Å². The lowest BCUT2D eigenvalue weighted by Gasteiger charge is -2.33. The standard InChI is InChI=1S/C16H27N5/c1-7-17-12-10-21-9-8-18-14(21)13(19-12)20-16(5,6)11-15(2,3)4/h8-10,17H,7,11H2,1-6H3,(H,19,20). The molecule has 2 N–H and O–H groups in total. The van der Waals surface area contributed by atoms with Gasteiger partial charge in [-0.1, -0.05) is 20.8 Å². The number of aromatic nitrogens is 3. The molecule has 0 aliphatic heterocycles. The Balaban J connectivity index is 2.34. The van der Waals surface area contributed by atoms with Gasteiger partial charge in [0.2, 0.25) is 0 Å². The molecular weight excluding hydrogens is 262 g/mol. The van der Waals surface area contributed by atoms with Crippen LogP contribution in [-0.2, 0) is 0 Å². The van der Waals surface area contributed by atoms with Gasteiger partial charge in [-0.3, -0.25) is 0 Å². The first-order valence-corrected chi connectivity index (χ1v) is 7.56. The van der Waals surface area contributed by atoms with Crippen molar-refractivity contribution in [1.82, 2.24) is 14.4 Å². The second-order valence-electron chi connectivity index (χ2n) is 7.41. The van der Waals surface area contributed by atoms with Crippen LogP contribution in [0.15, 0.2) is 18.6 Å². The average molecular weight is 289 g/mol. The predicted molar refractivity (Wildman–Crippen MR) is 88.9 cm³/mol. The number of imidazole rings is 1. The molecule has 0 atom stereocenters. The van der Waals surface area contributed by atoms with Gasteiger partial charge in [0.15, 0.2) is 11.5 Å². The van der Waals surface area contributed by atoms with Gasteiger partial charge in [-0.15, -0.1) is 0 Å². The van der Waals surface area contributed by atoms with E-state index >= 15 is 0 Å². The normalized spacial score (nSPS) is 12.7. The molecule has 21 heavy (non-hydrogen) atoms. The van der Waals surface area contributed by atoms with Gasteiger partial charge < -0.3 is 15.0 Å². The first kappa shape index (κ1) is 15.6. The number of nitrogens with zero attached hydrogens (tertiary/aromatic N) is 3. The molecule has 116 valence electrons. The summed E-state index contributed by atoms with van der Waals surface area (Å²) >= 11 is 0.